The second-order valence-corrected chi connectivity index (χ2v) is 7.34. The van der Waals surface area contributed by atoms with Gasteiger partial charge in [-0.3, -0.25) is 0 Å². The Bertz CT molecular complexity index is 1220. The second kappa shape index (κ2) is 11.7. The van der Waals surface area contributed by atoms with E-state index in [-0.39, 0.29) is 5.56 Å². The Morgan fingerprint density at radius 2 is 1.28 bits per heavy atom. The first-order valence-corrected chi connectivity index (χ1v) is 10.8. The van der Waals surface area contributed by atoms with E-state index in [0.29, 0.717) is 0 Å². The first-order chi connectivity index (χ1) is 15.6. The fraction of sp³-hybridized carbons (Fsp3) is 0.179. The van der Waals surface area contributed by atoms with Crippen molar-refractivity contribution in [3.63, 3.8) is 0 Å². The number of aliphatic imine (C=N–C) groups is 1. The summed E-state index contributed by atoms with van der Waals surface area (Å²) in [6, 6.07) is 18.1. The van der Waals surface area contributed by atoms with Crippen LogP contribution in [0.25, 0.3) is 11.1 Å². The minimum absolute atomic E-state index is 0.221. The van der Waals surface area contributed by atoms with Crippen LogP contribution in [0.5, 0.6) is 0 Å². The molecule has 0 aliphatic heterocycles. The quantitative estimate of drug-likeness (QED) is 0.171. The van der Waals surface area contributed by atoms with Gasteiger partial charge in [0.2, 0.25) is 0 Å². The van der Waals surface area contributed by atoms with E-state index in [4.69, 9.17) is 0 Å². The van der Waals surface area contributed by atoms with E-state index >= 15 is 0 Å². The topological polar surface area (TPSA) is 12.4 Å². The molecule has 158 valence electrons. The molecule has 0 N–H and O–H groups in total. The first kappa shape index (κ1) is 23.1. The summed E-state index contributed by atoms with van der Waals surface area (Å²) in [5, 5.41) is 1.97. The van der Waals surface area contributed by atoms with Crippen molar-refractivity contribution in [1.29, 1.82) is 0 Å². The molecule has 1 nitrogen and oxygen atoms in total. The third kappa shape index (κ3) is 6.47. The van der Waals surface area contributed by atoms with E-state index in [1.165, 1.54) is 12.8 Å². The minimum atomic E-state index is -0.823. The molecule has 0 amide bonds. The van der Waals surface area contributed by atoms with Crippen LogP contribution in [-0.4, -0.2) is 5.16 Å². The van der Waals surface area contributed by atoms with Crippen molar-refractivity contribution in [2.75, 3.05) is 0 Å². The molecular formula is C28H21F2NS. The molecule has 0 aliphatic rings. The Hall–Kier alpha value is -3.56. The van der Waals surface area contributed by atoms with Crippen LogP contribution in [0, 0.1) is 35.3 Å². The summed E-state index contributed by atoms with van der Waals surface area (Å²) in [6.07, 6.45) is 4.50. The average Bonchev–Trinajstić information content (AvgIpc) is 2.81. The van der Waals surface area contributed by atoms with E-state index in [2.05, 4.69) is 47.8 Å². The maximum absolute atomic E-state index is 13.9. The van der Waals surface area contributed by atoms with E-state index in [9.17, 15) is 8.78 Å². The van der Waals surface area contributed by atoms with Gasteiger partial charge < -0.3 is 0 Å². The number of nitrogens with zero attached hydrogens (tertiary/aromatic N) is 1. The zero-order valence-corrected chi connectivity index (χ0v) is 18.5. The molecule has 3 rings (SSSR count). The van der Waals surface area contributed by atoms with Crippen molar-refractivity contribution in [2.24, 2.45) is 4.99 Å². The third-order valence-corrected chi connectivity index (χ3v) is 4.86. The fourth-order valence-corrected chi connectivity index (χ4v) is 3.15. The largest absolute Gasteiger partial charge is 0.204 e. The zero-order chi connectivity index (χ0) is 22.8. The molecule has 0 fully saturated rings. The van der Waals surface area contributed by atoms with Gasteiger partial charge in [-0.2, -0.15) is 4.99 Å². The molecule has 0 spiro atoms. The number of hydrogen-bond acceptors (Lipinski definition) is 2. The van der Waals surface area contributed by atoms with Gasteiger partial charge in [0.05, 0.1) is 5.16 Å². The highest BCUT2D eigenvalue weighted by Crippen LogP contribution is 2.23. The molecule has 3 aromatic rings. The normalized spacial score (nSPS) is 9.72. The number of rotatable bonds is 5. The number of benzene rings is 3. The Labute approximate surface area is 193 Å². The highest BCUT2D eigenvalue weighted by atomic mass is 32.1. The van der Waals surface area contributed by atoms with Gasteiger partial charge in [0, 0.05) is 23.1 Å². The first-order valence-electron chi connectivity index (χ1n) is 10.4. The molecule has 0 saturated heterocycles. The summed E-state index contributed by atoms with van der Waals surface area (Å²) in [4.78, 5) is 3.39. The second-order valence-electron chi connectivity index (χ2n) is 7.16. The molecule has 0 aliphatic carbocycles. The molecule has 0 atom stereocenters. The molecule has 4 heteroatoms. The van der Waals surface area contributed by atoms with Crippen LogP contribution >= 0.6 is 12.2 Å². The molecular weight excluding hydrogens is 420 g/mol. The van der Waals surface area contributed by atoms with Gasteiger partial charge in [-0.1, -0.05) is 67.7 Å². The van der Waals surface area contributed by atoms with Crippen LogP contribution in [0.2, 0.25) is 0 Å². The van der Waals surface area contributed by atoms with Crippen LogP contribution < -0.4 is 0 Å². The van der Waals surface area contributed by atoms with Crippen molar-refractivity contribution in [2.45, 2.75) is 32.6 Å². The molecule has 32 heavy (non-hydrogen) atoms. The number of hydrogen-bond donors (Lipinski definition) is 0. The van der Waals surface area contributed by atoms with Gasteiger partial charge in [-0.25, -0.2) is 8.78 Å². The Morgan fingerprint density at radius 3 is 1.81 bits per heavy atom. The Balaban J connectivity index is 1.69. The van der Waals surface area contributed by atoms with Crippen LogP contribution in [0.15, 0.2) is 65.7 Å². The summed E-state index contributed by atoms with van der Waals surface area (Å²) in [5.74, 6) is 10.5. The van der Waals surface area contributed by atoms with Crippen molar-refractivity contribution >= 4 is 23.1 Å². The molecule has 0 heterocycles. The third-order valence-electron chi connectivity index (χ3n) is 4.77. The van der Waals surface area contributed by atoms with Gasteiger partial charge in [-0.15, -0.1) is 0 Å². The summed E-state index contributed by atoms with van der Waals surface area (Å²) < 4.78 is 27.8. The van der Waals surface area contributed by atoms with Gasteiger partial charge in [0.25, 0.3) is 0 Å². The lowest BCUT2D eigenvalue weighted by Gasteiger charge is -2.02. The lowest BCUT2D eigenvalue weighted by atomic mass is 10.0. The summed E-state index contributed by atoms with van der Waals surface area (Å²) >= 11 is 4.40. The lowest BCUT2D eigenvalue weighted by molar-refractivity contribution is 0.587. The standard InChI is InChI=1S/C28H21F2NS/c1-2-3-4-5-6-7-21-10-14-24(15-11-21)25-16-12-22(13-17-25)8-9-23-18-26(29)28(31-20-32)27(30)19-23/h10-19H,2-5H2,1H3. The van der Waals surface area contributed by atoms with Gasteiger partial charge >= 0.3 is 0 Å². The monoisotopic (exact) mass is 441 g/mol. The average molecular weight is 442 g/mol. The predicted octanol–water partition coefficient (Wildman–Crippen LogP) is 7.70. The lowest BCUT2D eigenvalue weighted by Crippen LogP contribution is -1.86. The highest BCUT2D eigenvalue weighted by molar-refractivity contribution is 7.78. The van der Waals surface area contributed by atoms with Crippen LogP contribution in [-0.2, 0) is 0 Å². The number of halogens is 2. The van der Waals surface area contributed by atoms with Crippen LogP contribution in [0.3, 0.4) is 0 Å². The maximum atomic E-state index is 13.9. The Morgan fingerprint density at radius 1 is 0.750 bits per heavy atom. The molecule has 3 aromatic carbocycles. The van der Waals surface area contributed by atoms with Crippen LogP contribution in [0.4, 0.5) is 14.5 Å². The van der Waals surface area contributed by atoms with Gasteiger partial charge in [0.1, 0.15) is 5.69 Å². The molecule has 0 aromatic heterocycles. The van der Waals surface area contributed by atoms with Crippen molar-refractivity contribution in [3.05, 3.63) is 89.0 Å². The van der Waals surface area contributed by atoms with Gasteiger partial charge in [-0.05, 0) is 66.2 Å². The van der Waals surface area contributed by atoms with Crippen molar-refractivity contribution < 1.29 is 8.78 Å². The van der Waals surface area contributed by atoms with E-state index < -0.39 is 17.3 Å². The summed E-state index contributed by atoms with van der Waals surface area (Å²) in [7, 11) is 0. The maximum Gasteiger partial charge on any atom is 0.153 e. The molecule has 0 bridgehead atoms. The number of thiocarbonyl (C=S) groups is 1. The number of isothiocyanates is 1. The molecule has 0 saturated carbocycles. The summed E-state index contributed by atoms with van der Waals surface area (Å²) in [6.45, 7) is 2.19. The summed E-state index contributed by atoms with van der Waals surface area (Å²) in [5.41, 5.74) is 3.65. The highest BCUT2D eigenvalue weighted by Gasteiger charge is 2.09. The Kier molecular flexibility index (Phi) is 8.47. The van der Waals surface area contributed by atoms with E-state index in [1.54, 1.807) is 0 Å². The fourth-order valence-electron chi connectivity index (χ4n) is 3.05. The van der Waals surface area contributed by atoms with Crippen LogP contribution in [0.1, 0.15) is 49.3 Å². The van der Waals surface area contributed by atoms with E-state index in [0.717, 1.165) is 47.2 Å². The van der Waals surface area contributed by atoms with Gasteiger partial charge in [0.15, 0.2) is 11.6 Å². The van der Waals surface area contributed by atoms with E-state index in [1.807, 2.05) is 53.7 Å². The van der Waals surface area contributed by atoms with Crippen molar-refractivity contribution in [1.82, 2.24) is 0 Å². The molecule has 0 unspecified atom stereocenters. The smallest absolute Gasteiger partial charge is 0.153 e. The van der Waals surface area contributed by atoms with Crippen molar-refractivity contribution in [3.8, 4) is 34.8 Å². The number of unbranched alkanes of at least 4 members (excludes halogenated alkanes) is 3. The molecule has 0 radical (unpaired) electrons. The SMILES string of the molecule is CCCCCC#Cc1ccc(-c2ccc(C#Cc3cc(F)c(N=C=S)c(F)c3)cc2)cc1. The minimum Gasteiger partial charge on any atom is -0.204 e. The predicted molar refractivity (Wildman–Crippen MR) is 130 cm³/mol. The zero-order valence-electron chi connectivity index (χ0n) is 17.7.